The first-order valence-corrected chi connectivity index (χ1v) is 11.1. The highest BCUT2D eigenvalue weighted by atomic mass is 32.1. The maximum Gasteiger partial charge on any atom is 0.262 e. The third-order valence-electron chi connectivity index (χ3n) is 5.21. The molecule has 3 rings (SSSR count). The fraction of sp³-hybridized carbons (Fsp3) is 0.455. The van der Waals surface area contributed by atoms with Gasteiger partial charge in [0.1, 0.15) is 11.9 Å². The summed E-state index contributed by atoms with van der Waals surface area (Å²) in [5.41, 5.74) is 0.828. The highest BCUT2D eigenvalue weighted by Crippen LogP contribution is 2.21. The smallest absolute Gasteiger partial charge is 0.262 e. The number of aromatic nitrogens is 1. The van der Waals surface area contributed by atoms with E-state index >= 15 is 0 Å². The van der Waals surface area contributed by atoms with Crippen LogP contribution in [0.3, 0.4) is 0 Å². The number of carbonyl (C=O) groups is 3. The zero-order valence-electron chi connectivity index (χ0n) is 17.6. The van der Waals surface area contributed by atoms with Crippen molar-refractivity contribution in [2.45, 2.75) is 39.7 Å². The lowest BCUT2D eigenvalue weighted by Crippen LogP contribution is -2.54. The molecule has 2 atom stereocenters. The normalized spacial score (nSPS) is 17.5. The van der Waals surface area contributed by atoms with Gasteiger partial charge in [-0.1, -0.05) is 26.0 Å². The number of nitrogens with one attached hydrogen (secondary N) is 2. The van der Waals surface area contributed by atoms with Gasteiger partial charge in [0, 0.05) is 18.8 Å². The maximum atomic E-state index is 13.2. The Bertz CT molecular complexity index is 898. The van der Waals surface area contributed by atoms with Crippen molar-refractivity contribution in [2.75, 3.05) is 18.4 Å². The Morgan fingerprint density at radius 3 is 2.67 bits per heavy atom. The molecule has 2 aromatic rings. The second-order valence-electron chi connectivity index (χ2n) is 7.95. The summed E-state index contributed by atoms with van der Waals surface area (Å²) in [6.45, 7) is 6.62. The molecule has 0 bridgehead atoms. The summed E-state index contributed by atoms with van der Waals surface area (Å²) in [5, 5.41) is 7.57. The van der Waals surface area contributed by atoms with Crippen molar-refractivity contribution < 1.29 is 14.4 Å². The minimum Gasteiger partial charge on any atom is -0.340 e. The van der Waals surface area contributed by atoms with E-state index in [9.17, 15) is 14.4 Å². The number of rotatable bonds is 6. The van der Waals surface area contributed by atoms with Crippen LogP contribution in [0.4, 0.5) is 5.82 Å². The molecule has 3 heterocycles. The zero-order valence-corrected chi connectivity index (χ0v) is 18.4. The van der Waals surface area contributed by atoms with Gasteiger partial charge in [-0.05, 0) is 49.3 Å². The first kappa shape index (κ1) is 22.0. The molecule has 2 N–H and O–H groups in total. The molecule has 0 saturated carbocycles. The van der Waals surface area contributed by atoms with E-state index < -0.39 is 6.04 Å². The summed E-state index contributed by atoms with van der Waals surface area (Å²) in [6.07, 6.45) is 1.46. The van der Waals surface area contributed by atoms with Gasteiger partial charge in [-0.25, -0.2) is 4.98 Å². The van der Waals surface area contributed by atoms with E-state index in [0.29, 0.717) is 23.8 Å². The Kier molecular flexibility index (Phi) is 7.20. The third kappa shape index (κ3) is 5.44. The molecular weight excluding hydrogens is 400 g/mol. The molecule has 0 aliphatic carbocycles. The van der Waals surface area contributed by atoms with Crippen molar-refractivity contribution >= 4 is 34.9 Å². The summed E-state index contributed by atoms with van der Waals surface area (Å²) in [7, 11) is 0. The highest BCUT2D eigenvalue weighted by Gasteiger charge is 2.34. The summed E-state index contributed by atoms with van der Waals surface area (Å²) in [6, 6.07) is 8.39. The van der Waals surface area contributed by atoms with Crippen molar-refractivity contribution in [3.8, 4) is 0 Å². The van der Waals surface area contributed by atoms with Crippen LogP contribution in [0.1, 0.15) is 42.1 Å². The number of piperidine rings is 1. The predicted octanol–water partition coefficient (Wildman–Crippen LogP) is 3.08. The van der Waals surface area contributed by atoms with Gasteiger partial charge in [-0.15, -0.1) is 11.3 Å². The average Bonchev–Trinajstić information content (AvgIpc) is 3.26. The number of likely N-dealkylation sites (tertiary alicyclic amines) is 1. The second kappa shape index (κ2) is 9.84. The van der Waals surface area contributed by atoms with Gasteiger partial charge in [0.05, 0.1) is 10.8 Å². The Balaban J connectivity index is 1.64. The lowest BCUT2D eigenvalue weighted by atomic mass is 9.95. The van der Waals surface area contributed by atoms with Crippen molar-refractivity contribution in [3.05, 3.63) is 46.3 Å². The summed E-state index contributed by atoms with van der Waals surface area (Å²) in [5.74, 6) is -0.353. The van der Waals surface area contributed by atoms with Crippen LogP contribution in [0.5, 0.6) is 0 Å². The van der Waals surface area contributed by atoms with Gasteiger partial charge in [0.2, 0.25) is 11.8 Å². The average molecular weight is 429 g/mol. The van der Waals surface area contributed by atoms with Gasteiger partial charge in [0.25, 0.3) is 5.91 Å². The molecule has 160 valence electrons. The topological polar surface area (TPSA) is 91.4 Å². The summed E-state index contributed by atoms with van der Waals surface area (Å²) in [4.78, 5) is 45.0. The van der Waals surface area contributed by atoms with E-state index in [1.807, 2.05) is 44.4 Å². The Hall–Kier alpha value is -2.74. The Morgan fingerprint density at radius 2 is 2.00 bits per heavy atom. The first-order valence-electron chi connectivity index (χ1n) is 10.2. The number of hydrogen-bond donors (Lipinski definition) is 2. The number of hydrogen-bond acceptors (Lipinski definition) is 5. The van der Waals surface area contributed by atoms with Crippen LogP contribution < -0.4 is 10.6 Å². The van der Waals surface area contributed by atoms with Crippen molar-refractivity contribution in [1.82, 2.24) is 15.2 Å². The molecular formula is C22H28N4O3S. The van der Waals surface area contributed by atoms with Crippen LogP contribution in [0, 0.1) is 18.8 Å². The van der Waals surface area contributed by atoms with Crippen LogP contribution in [0.25, 0.3) is 0 Å². The molecule has 1 aliphatic rings. The predicted molar refractivity (Wildman–Crippen MR) is 117 cm³/mol. The van der Waals surface area contributed by atoms with Crippen molar-refractivity contribution in [3.63, 3.8) is 0 Å². The molecule has 1 saturated heterocycles. The largest absolute Gasteiger partial charge is 0.340 e. The van der Waals surface area contributed by atoms with Crippen LogP contribution in [0.15, 0.2) is 35.7 Å². The summed E-state index contributed by atoms with van der Waals surface area (Å²) >= 11 is 1.34. The molecule has 2 aromatic heterocycles. The molecule has 0 aromatic carbocycles. The quantitative estimate of drug-likeness (QED) is 0.740. The van der Waals surface area contributed by atoms with E-state index in [-0.39, 0.29) is 29.6 Å². The lowest BCUT2D eigenvalue weighted by molar-refractivity contribution is -0.137. The number of carbonyl (C=O) groups excluding carboxylic acids is 3. The van der Waals surface area contributed by atoms with E-state index in [2.05, 4.69) is 15.6 Å². The maximum absolute atomic E-state index is 13.2. The second-order valence-corrected chi connectivity index (χ2v) is 8.90. The number of nitrogens with zero attached hydrogens (tertiary/aromatic N) is 2. The Labute approximate surface area is 180 Å². The fourth-order valence-electron chi connectivity index (χ4n) is 3.56. The fourth-order valence-corrected chi connectivity index (χ4v) is 4.19. The number of pyridine rings is 1. The molecule has 8 heteroatoms. The van der Waals surface area contributed by atoms with E-state index in [0.717, 1.165) is 18.5 Å². The standard InChI is InChI=1S/C22H28N4O3S/c1-14(2)19(25-21(28)17-9-6-12-30-17)22(29)26-11-5-8-16(13-26)20(27)24-18-10-4-7-15(3)23-18/h4,6-7,9-10,12,14,16,19H,5,8,11,13H2,1-3H3,(H,25,28)(H,23,24,27). The van der Waals surface area contributed by atoms with Crippen LogP contribution in [0.2, 0.25) is 0 Å². The van der Waals surface area contributed by atoms with Crippen molar-refractivity contribution in [2.24, 2.45) is 11.8 Å². The lowest BCUT2D eigenvalue weighted by Gasteiger charge is -2.35. The van der Waals surface area contributed by atoms with Gasteiger partial charge < -0.3 is 15.5 Å². The summed E-state index contributed by atoms with van der Waals surface area (Å²) < 4.78 is 0. The molecule has 0 radical (unpaired) electrons. The molecule has 0 spiro atoms. The number of thiophene rings is 1. The SMILES string of the molecule is Cc1cccc(NC(=O)C2CCCN(C(=O)C(NC(=O)c3cccs3)C(C)C)C2)n1. The Morgan fingerprint density at radius 1 is 1.20 bits per heavy atom. The third-order valence-corrected chi connectivity index (χ3v) is 6.08. The van der Waals surface area contributed by atoms with Crippen LogP contribution >= 0.6 is 11.3 Å². The van der Waals surface area contributed by atoms with Gasteiger partial charge in [0.15, 0.2) is 0 Å². The van der Waals surface area contributed by atoms with E-state index in [1.54, 1.807) is 17.0 Å². The van der Waals surface area contributed by atoms with Crippen LogP contribution in [-0.4, -0.2) is 46.7 Å². The molecule has 7 nitrogen and oxygen atoms in total. The van der Waals surface area contributed by atoms with Gasteiger partial charge >= 0.3 is 0 Å². The molecule has 3 amide bonds. The first-order chi connectivity index (χ1) is 14.3. The number of amides is 3. The zero-order chi connectivity index (χ0) is 21.7. The number of aryl methyl sites for hydroxylation is 1. The van der Waals surface area contributed by atoms with Crippen molar-refractivity contribution in [1.29, 1.82) is 0 Å². The molecule has 30 heavy (non-hydrogen) atoms. The van der Waals surface area contributed by atoms with Gasteiger partial charge in [-0.3, -0.25) is 14.4 Å². The van der Waals surface area contributed by atoms with Gasteiger partial charge in [-0.2, -0.15) is 0 Å². The monoisotopic (exact) mass is 428 g/mol. The molecule has 2 unspecified atom stereocenters. The van der Waals surface area contributed by atoms with Crippen LogP contribution in [-0.2, 0) is 9.59 Å². The molecule has 1 fully saturated rings. The molecule has 1 aliphatic heterocycles. The highest BCUT2D eigenvalue weighted by molar-refractivity contribution is 7.12. The minimum absolute atomic E-state index is 0.0629. The van der Waals surface area contributed by atoms with E-state index in [1.165, 1.54) is 11.3 Å². The van der Waals surface area contributed by atoms with E-state index in [4.69, 9.17) is 0 Å². The minimum atomic E-state index is -0.625. The number of anilines is 1.